The van der Waals surface area contributed by atoms with Gasteiger partial charge < -0.3 is 9.72 Å². The first-order valence-corrected chi connectivity index (χ1v) is 7.57. The number of rotatable bonds is 4. The molecule has 0 amide bonds. The molecule has 2 aromatic rings. The van der Waals surface area contributed by atoms with Crippen molar-refractivity contribution >= 4 is 0 Å². The molecule has 5 heteroatoms. The topological polar surface area (TPSA) is 58.2 Å². The van der Waals surface area contributed by atoms with Crippen molar-refractivity contribution in [2.24, 2.45) is 0 Å². The Balaban J connectivity index is 1.68. The van der Waals surface area contributed by atoms with Gasteiger partial charge in [-0.1, -0.05) is 12.1 Å². The number of nitrogens with one attached hydrogen (secondary N) is 1. The van der Waals surface area contributed by atoms with Gasteiger partial charge in [0.15, 0.2) is 0 Å². The number of nitrogens with zero attached hydrogens (tertiary/aromatic N) is 2. The number of hydrogen-bond acceptors (Lipinski definition) is 4. The molecule has 1 aliphatic heterocycles. The minimum atomic E-state index is -0.0613. The number of likely N-dealkylation sites (tertiary alicyclic amines) is 1. The molecule has 0 spiro atoms. The third kappa shape index (κ3) is 3.36. The standard InChI is InChI=1S/C17H21N3O2/c1-12-8-16(21)19-17(18-12)14-6-7-20(11-14)10-13-4-3-5-15(9-13)22-2/h3-5,8-9,14H,6-7,10-11H2,1-2H3,(H,18,19,21)/t14-/m0/s1. The van der Waals surface area contributed by atoms with Crippen LogP contribution in [0.4, 0.5) is 0 Å². The molecule has 1 aromatic heterocycles. The molecule has 0 bridgehead atoms. The Morgan fingerprint density at radius 2 is 2.27 bits per heavy atom. The zero-order valence-corrected chi connectivity index (χ0v) is 13.0. The average Bonchev–Trinajstić information content (AvgIpc) is 2.95. The number of aryl methyl sites for hydroxylation is 1. The molecule has 0 aliphatic carbocycles. The summed E-state index contributed by atoms with van der Waals surface area (Å²) in [4.78, 5) is 21.3. The van der Waals surface area contributed by atoms with Crippen LogP contribution in [0.15, 0.2) is 35.1 Å². The molecule has 1 fully saturated rings. The van der Waals surface area contributed by atoms with E-state index in [2.05, 4.69) is 27.0 Å². The summed E-state index contributed by atoms with van der Waals surface area (Å²) in [5.74, 6) is 2.01. The SMILES string of the molecule is COc1cccc(CN2CC[C@H](c3nc(C)cc(=O)[nH]3)C2)c1. The van der Waals surface area contributed by atoms with E-state index < -0.39 is 0 Å². The Hall–Kier alpha value is -2.14. The zero-order valence-electron chi connectivity index (χ0n) is 13.0. The first kappa shape index (κ1) is 14.8. The number of hydrogen-bond donors (Lipinski definition) is 1. The molecule has 116 valence electrons. The Kier molecular flexibility index (Phi) is 4.24. The van der Waals surface area contributed by atoms with Crippen molar-refractivity contribution in [1.82, 2.24) is 14.9 Å². The van der Waals surface area contributed by atoms with Crippen LogP contribution in [0, 0.1) is 6.92 Å². The predicted octanol–water partition coefficient (Wildman–Crippen LogP) is 2.08. The molecule has 1 saturated heterocycles. The minimum absolute atomic E-state index is 0.0613. The smallest absolute Gasteiger partial charge is 0.251 e. The third-order valence-electron chi connectivity index (χ3n) is 4.09. The molecule has 1 aliphatic rings. The molecule has 0 unspecified atom stereocenters. The van der Waals surface area contributed by atoms with Gasteiger partial charge in [-0.25, -0.2) is 4.98 Å². The summed E-state index contributed by atoms with van der Waals surface area (Å²) < 4.78 is 5.27. The van der Waals surface area contributed by atoms with Crippen molar-refractivity contribution in [3.63, 3.8) is 0 Å². The molecule has 1 N–H and O–H groups in total. The first-order valence-electron chi connectivity index (χ1n) is 7.57. The summed E-state index contributed by atoms with van der Waals surface area (Å²) in [5, 5.41) is 0. The summed E-state index contributed by atoms with van der Waals surface area (Å²) in [7, 11) is 1.69. The second-order valence-electron chi connectivity index (χ2n) is 5.84. The van der Waals surface area contributed by atoms with Crippen molar-refractivity contribution in [2.45, 2.75) is 25.8 Å². The lowest BCUT2D eigenvalue weighted by Crippen LogP contribution is -2.21. The maximum atomic E-state index is 11.6. The van der Waals surface area contributed by atoms with E-state index in [1.165, 1.54) is 11.6 Å². The highest BCUT2D eigenvalue weighted by molar-refractivity contribution is 5.28. The van der Waals surface area contributed by atoms with Gasteiger partial charge in [-0.3, -0.25) is 9.69 Å². The monoisotopic (exact) mass is 299 g/mol. The fourth-order valence-electron chi connectivity index (χ4n) is 3.02. The van der Waals surface area contributed by atoms with Crippen molar-refractivity contribution in [3.05, 3.63) is 57.8 Å². The van der Waals surface area contributed by atoms with E-state index in [1.54, 1.807) is 7.11 Å². The molecule has 1 atom stereocenters. The average molecular weight is 299 g/mol. The molecule has 5 nitrogen and oxygen atoms in total. The quantitative estimate of drug-likeness (QED) is 0.939. The first-order chi connectivity index (χ1) is 10.6. The molecular weight excluding hydrogens is 278 g/mol. The number of methoxy groups -OCH3 is 1. The van der Waals surface area contributed by atoms with E-state index in [1.807, 2.05) is 19.1 Å². The number of benzene rings is 1. The largest absolute Gasteiger partial charge is 0.497 e. The van der Waals surface area contributed by atoms with Crippen LogP contribution < -0.4 is 10.3 Å². The molecule has 1 aromatic carbocycles. The van der Waals surface area contributed by atoms with Crippen molar-refractivity contribution < 1.29 is 4.74 Å². The number of aromatic amines is 1. The Morgan fingerprint density at radius 3 is 3.05 bits per heavy atom. The van der Waals surface area contributed by atoms with Gasteiger partial charge in [-0.2, -0.15) is 0 Å². The van der Waals surface area contributed by atoms with E-state index in [9.17, 15) is 4.79 Å². The highest BCUT2D eigenvalue weighted by Gasteiger charge is 2.25. The van der Waals surface area contributed by atoms with Gasteiger partial charge in [0.05, 0.1) is 7.11 Å². The normalized spacial score (nSPS) is 18.5. The van der Waals surface area contributed by atoms with Crippen molar-refractivity contribution in [1.29, 1.82) is 0 Å². The molecule has 3 rings (SSSR count). The molecule has 0 saturated carbocycles. The van der Waals surface area contributed by atoms with E-state index in [0.717, 1.165) is 43.3 Å². The summed E-state index contributed by atoms with van der Waals surface area (Å²) >= 11 is 0. The van der Waals surface area contributed by atoms with Crippen LogP contribution in [0.25, 0.3) is 0 Å². The van der Waals surface area contributed by atoms with E-state index in [4.69, 9.17) is 4.74 Å². The lowest BCUT2D eigenvalue weighted by Gasteiger charge is -2.16. The second-order valence-corrected chi connectivity index (χ2v) is 5.84. The van der Waals surface area contributed by atoms with Gasteiger partial charge in [0.2, 0.25) is 0 Å². The summed E-state index contributed by atoms with van der Waals surface area (Å²) in [5.41, 5.74) is 1.96. The van der Waals surface area contributed by atoms with Crippen LogP contribution in [-0.2, 0) is 6.54 Å². The Labute approximate surface area is 130 Å². The molecule has 22 heavy (non-hydrogen) atoms. The maximum Gasteiger partial charge on any atom is 0.251 e. The minimum Gasteiger partial charge on any atom is -0.497 e. The lowest BCUT2D eigenvalue weighted by atomic mass is 10.1. The van der Waals surface area contributed by atoms with Crippen LogP contribution in [0.3, 0.4) is 0 Å². The Bertz CT molecular complexity index is 711. The van der Waals surface area contributed by atoms with Crippen LogP contribution in [-0.4, -0.2) is 35.1 Å². The van der Waals surface area contributed by atoms with E-state index in [-0.39, 0.29) is 5.56 Å². The predicted molar refractivity (Wildman–Crippen MR) is 85.2 cm³/mol. The van der Waals surface area contributed by atoms with Crippen LogP contribution in [0.5, 0.6) is 5.75 Å². The van der Waals surface area contributed by atoms with Gasteiger partial charge in [-0.05, 0) is 37.6 Å². The molecule has 2 heterocycles. The fourth-order valence-corrected chi connectivity index (χ4v) is 3.02. The maximum absolute atomic E-state index is 11.6. The van der Waals surface area contributed by atoms with Crippen molar-refractivity contribution in [3.8, 4) is 5.75 Å². The summed E-state index contributed by atoms with van der Waals surface area (Å²) in [6.07, 6.45) is 1.02. The molecule has 0 radical (unpaired) electrons. The van der Waals surface area contributed by atoms with Crippen LogP contribution in [0.1, 0.15) is 29.4 Å². The van der Waals surface area contributed by atoms with Gasteiger partial charge in [0, 0.05) is 30.8 Å². The van der Waals surface area contributed by atoms with Crippen LogP contribution >= 0.6 is 0 Å². The van der Waals surface area contributed by atoms with Gasteiger partial charge in [0.1, 0.15) is 11.6 Å². The Morgan fingerprint density at radius 1 is 1.41 bits per heavy atom. The highest BCUT2D eigenvalue weighted by Crippen LogP contribution is 2.26. The zero-order chi connectivity index (χ0) is 15.5. The summed E-state index contributed by atoms with van der Waals surface area (Å²) in [6, 6.07) is 9.69. The van der Waals surface area contributed by atoms with Crippen LogP contribution in [0.2, 0.25) is 0 Å². The lowest BCUT2D eigenvalue weighted by molar-refractivity contribution is 0.324. The van der Waals surface area contributed by atoms with Gasteiger partial charge in [-0.15, -0.1) is 0 Å². The van der Waals surface area contributed by atoms with Gasteiger partial charge >= 0.3 is 0 Å². The number of H-pyrrole nitrogens is 1. The number of ether oxygens (including phenoxy) is 1. The second kappa shape index (κ2) is 6.32. The summed E-state index contributed by atoms with van der Waals surface area (Å²) in [6.45, 7) is 4.69. The fraction of sp³-hybridized carbons (Fsp3) is 0.412. The van der Waals surface area contributed by atoms with E-state index in [0.29, 0.717) is 5.92 Å². The van der Waals surface area contributed by atoms with Crippen molar-refractivity contribution in [2.75, 3.05) is 20.2 Å². The molecular formula is C17H21N3O2. The highest BCUT2D eigenvalue weighted by atomic mass is 16.5. The number of aromatic nitrogens is 2. The van der Waals surface area contributed by atoms with Gasteiger partial charge in [0.25, 0.3) is 5.56 Å². The third-order valence-corrected chi connectivity index (χ3v) is 4.09. The van der Waals surface area contributed by atoms with E-state index >= 15 is 0 Å².